The van der Waals surface area contributed by atoms with E-state index in [1.807, 2.05) is 0 Å². The van der Waals surface area contributed by atoms with Crippen LogP contribution in [0.1, 0.15) is 45.4 Å². The van der Waals surface area contributed by atoms with Crippen molar-refractivity contribution in [1.29, 1.82) is 0 Å². The van der Waals surface area contributed by atoms with Gasteiger partial charge in [-0.05, 0) is 38.8 Å². The van der Waals surface area contributed by atoms with Crippen LogP contribution in [0, 0.1) is 0 Å². The maximum Gasteiger partial charge on any atom is 0.0774 e. The summed E-state index contributed by atoms with van der Waals surface area (Å²) in [5.41, 5.74) is -0.377. The molecule has 0 aromatic rings. The van der Waals surface area contributed by atoms with Gasteiger partial charge in [0.15, 0.2) is 0 Å². The molecule has 2 fully saturated rings. The van der Waals surface area contributed by atoms with Crippen molar-refractivity contribution in [1.82, 2.24) is 10.2 Å². The van der Waals surface area contributed by atoms with Gasteiger partial charge in [-0.2, -0.15) is 0 Å². The van der Waals surface area contributed by atoms with E-state index in [-0.39, 0.29) is 5.60 Å². The van der Waals surface area contributed by atoms with Crippen molar-refractivity contribution >= 4 is 0 Å². The summed E-state index contributed by atoms with van der Waals surface area (Å²) in [4.78, 5) is 2.52. The van der Waals surface area contributed by atoms with Gasteiger partial charge in [0.25, 0.3) is 0 Å². The Kier molecular flexibility index (Phi) is 4.22. The predicted molar refractivity (Wildman–Crippen MR) is 66.6 cm³/mol. The van der Waals surface area contributed by atoms with Crippen LogP contribution in [0.2, 0.25) is 0 Å². The minimum Gasteiger partial charge on any atom is -0.389 e. The number of nitrogens with zero attached hydrogens (tertiary/aromatic N) is 1. The number of rotatable bonds is 5. The second-order valence-electron chi connectivity index (χ2n) is 5.55. The van der Waals surface area contributed by atoms with Crippen molar-refractivity contribution in [3.63, 3.8) is 0 Å². The molecule has 1 unspecified atom stereocenters. The molecule has 0 bridgehead atoms. The zero-order valence-corrected chi connectivity index (χ0v) is 10.5. The molecule has 0 aromatic carbocycles. The van der Waals surface area contributed by atoms with Crippen LogP contribution in [0.25, 0.3) is 0 Å². The van der Waals surface area contributed by atoms with Crippen molar-refractivity contribution in [3.8, 4) is 0 Å². The van der Waals surface area contributed by atoms with Crippen LogP contribution >= 0.6 is 0 Å². The summed E-state index contributed by atoms with van der Waals surface area (Å²) in [7, 11) is 0. The molecule has 16 heavy (non-hydrogen) atoms. The third-order valence-corrected chi connectivity index (χ3v) is 4.09. The van der Waals surface area contributed by atoms with Crippen LogP contribution in [0.5, 0.6) is 0 Å². The largest absolute Gasteiger partial charge is 0.389 e. The van der Waals surface area contributed by atoms with Crippen LogP contribution < -0.4 is 5.32 Å². The van der Waals surface area contributed by atoms with E-state index in [1.54, 1.807) is 0 Å². The number of nitrogens with one attached hydrogen (secondary N) is 1. The lowest BCUT2D eigenvalue weighted by molar-refractivity contribution is -0.00127. The molecular weight excluding hydrogens is 200 g/mol. The molecule has 0 amide bonds. The number of hydrogen-bond acceptors (Lipinski definition) is 3. The van der Waals surface area contributed by atoms with Gasteiger partial charge in [0.2, 0.25) is 0 Å². The average molecular weight is 226 g/mol. The van der Waals surface area contributed by atoms with Gasteiger partial charge in [0, 0.05) is 19.1 Å². The quantitative estimate of drug-likeness (QED) is 0.743. The first-order valence-electron chi connectivity index (χ1n) is 6.91. The minimum atomic E-state index is -0.377. The Bertz CT molecular complexity index is 208. The topological polar surface area (TPSA) is 35.5 Å². The second-order valence-corrected chi connectivity index (χ2v) is 5.55. The maximum atomic E-state index is 10.5. The zero-order valence-electron chi connectivity index (χ0n) is 10.5. The lowest BCUT2D eigenvalue weighted by Gasteiger charge is -2.35. The Labute approximate surface area is 99.2 Å². The fourth-order valence-electron chi connectivity index (χ4n) is 3.20. The SMILES string of the molecule is CCCN(CC1(O)CCCC1)C1CCNC1. The van der Waals surface area contributed by atoms with E-state index in [9.17, 15) is 5.11 Å². The van der Waals surface area contributed by atoms with Gasteiger partial charge >= 0.3 is 0 Å². The minimum absolute atomic E-state index is 0.377. The first-order chi connectivity index (χ1) is 7.73. The fraction of sp³-hybridized carbons (Fsp3) is 1.00. The molecule has 1 aliphatic carbocycles. The molecular formula is C13H26N2O. The molecule has 1 atom stereocenters. The van der Waals surface area contributed by atoms with Crippen LogP contribution in [-0.4, -0.2) is 47.8 Å². The fourth-order valence-corrected chi connectivity index (χ4v) is 3.20. The number of hydrogen-bond donors (Lipinski definition) is 2. The van der Waals surface area contributed by atoms with Gasteiger partial charge in [-0.15, -0.1) is 0 Å². The zero-order chi connectivity index (χ0) is 11.4. The predicted octanol–water partition coefficient (Wildman–Crippen LogP) is 1.37. The average Bonchev–Trinajstić information content (AvgIpc) is 2.88. The van der Waals surface area contributed by atoms with Crippen LogP contribution in [0.4, 0.5) is 0 Å². The molecule has 1 aliphatic heterocycles. The van der Waals surface area contributed by atoms with Gasteiger partial charge < -0.3 is 10.4 Å². The third kappa shape index (κ3) is 2.96. The van der Waals surface area contributed by atoms with Crippen LogP contribution in [-0.2, 0) is 0 Å². The molecule has 2 N–H and O–H groups in total. The second kappa shape index (κ2) is 5.48. The van der Waals surface area contributed by atoms with Crippen molar-refractivity contribution in [2.24, 2.45) is 0 Å². The maximum absolute atomic E-state index is 10.5. The monoisotopic (exact) mass is 226 g/mol. The normalized spacial score (nSPS) is 29.1. The highest BCUT2D eigenvalue weighted by Gasteiger charge is 2.35. The summed E-state index contributed by atoms with van der Waals surface area (Å²) >= 11 is 0. The summed E-state index contributed by atoms with van der Waals surface area (Å²) in [6, 6.07) is 0.657. The van der Waals surface area contributed by atoms with E-state index < -0.39 is 0 Å². The lowest BCUT2D eigenvalue weighted by atomic mass is 10.0. The highest BCUT2D eigenvalue weighted by molar-refractivity contribution is 4.91. The molecule has 94 valence electrons. The van der Waals surface area contributed by atoms with Gasteiger partial charge in [-0.25, -0.2) is 0 Å². The molecule has 0 spiro atoms. The van der Waals surface area contributed by atoms with E-state index in [0.29, 0.717) is 6.04 Å². The van der Waals surface area contributed by atoms with Crippen molar-refractivity contribution in [2.75, 3.05) is 26.2 Å². The third-order valence-electron chi connectivity index (χ3n) is 4.09. The first kappa shape index (κ1) is 12.3. The Morgan fingerprint density at radius 2 is 2.12 bits per heavy atom. The molecule has 0 radical (unpaired) electrons. The molecule has 1 heterocycles. The Hall–Kier alpha value is -0.120. The smallest absolute Gasteiger partial charge is 0.0774 e. The molecule has 3 nitrogen and oxygen atoms in total. The standard InChI is InChI=1S/C13H26N2O/c1-2-9-15(12-5-8-14-10-12)11-13(16)6-3-4-7-13/h12,14,16H,2-11H2,1H3. The molecule has 1 saturated carbocycles. The summed E-state index contributed by atoms with van der Waals surface area (Å²) in [6.07, 6.45) is 6.86. The summed E-state index contributed by atoms with van der Waals surface area (Å²) < 4.78 is 0. The molecule has 0 aromatic heterocycles. The van der Waals surface area contributed by atoms with E-state index in [1.165, 1.54) is 25.7 Å². The molecule has 2 rings (SSSR count). The first-order valence-corrected chi connectivity index (χ1v) is 6.91. The Morgan fingerprint density at radius 1 is 1.38 bits per heavy atom. The van der Waals surface area contributed by atoms with E-state index in [2.05, 4.69) is 17.1 Å². The van der Waals surface area contributed by atoms with Crippen molar-refractivity contribution in [3.05, 3.63) is 0 Å². The highest BCUT2D eigenvalue weighted by atomic mass is 16.3. The van der Waals surface area contributed by atoms with Gasteiger partial charge in [-0.1, -0.05) is 19.8 Å². The molecule has 3 heteroatoms. The van der Waals surface area contributed by atoms with Crippen LogP contribution in [0.3, 0.4) is 0 Å². The Morgan fingerprint density at radius 3 is 2.69 bits per heavy atom. The summed E-state index contributed by atoms with van der Waals surface area (Å²) in [5, 5.41) is 13.9. The van der Waals surface area contributed by atoms with E-state index in [4.69, 9.17) is 0 Å². The van der Waals surface area contributed by atoms with Gasteiger partial charge in [-0.3, -0.25) is 4.90 Å². The van der Waals surface area contributed by atoms with E-state index >= 15 is 0 Å². The van der Waals surface area contributed by atoms with Crippen molar-refractivity contribution in [2.45, 2.75) is 57.1 Å². The lowest BCUT2D eigenvalue weighted by Crippen LogP contribution is -2.47. The van der Waals surface area contributed by atoms with Crippen molar-refractivity contribution < 1.29 is 5.11 Å². The van der Waals surface area contributed by atoms with Crippen LogP contribution in [0.15, 0.2) is 0 Å². The molecule has 2 aliphatic rings. The Balaban J connectivity index is 1.90. The summed E-state index contributed by atoms with van der Waals surface area (Å²) in [6.45, 7) is 6.51. The highest BCUT2D eigenvalue weighted by Crippen LogP contribution is 2.31. The van der Waals surface area contributed by atoms with Gasteiger partial charge in [0.05, 0.1) is 5.60 Å². The summed E-state index contributed by atoms with van der Waals surface area (Å²) in [5.74, 6) is 0. The number of aliphatic hydroxyl groups is 1. The molecule has 1 saturated heterocycles. The van der Waals surface area contributed by atoms with E-state index in [0.717, 1.165) is 39.0 Å². The van der Waals surface area contributed by atoms with Gasteiger partial charge in [0.1, 0.15) is 0 Å².